The number of hydrogen-bond acceptors (Lipinski definition) is 4. The highest BCUT2D eigenvalue weighted by molar-refractivity contribution is 5.97. The molecule has 4 rings (SSSR count). The van der Waals surface area contributed by atoms with E-state index in [-0.39, 0.29) is 18.4 Å². The number of fused-ring (bicyclic) bond motifs is 1. The Morgan fingerprint density at radius 3 is 2.78 bits per heavy atom. The summed E-state index contributed by atoms with van der Waals surface area (Å²) in [4.78, 5) is 19.5. The number of methoxy groups -OCH3 is 1. The van der Waals surface area contributed by atoms with Crippen LogP contribution in [0, 0.1) is 6.92 Å². The quantitative estimate of drug-likeness (QED) is 0.699. The van der Waals surface area contributed by atoms with E-state index in [1.54, 1.807) is 7.11 Å². The van der Waals surface area contributed by atoms with Crippen molar-refractivity contribution in [2.24, 2.45) is 0 Å². The third-order valence-electron chi connectivity index (χ3n) is 5.02. The molecule has 3 aromatic rings. The molecule has 0 saturated carbocycles. The summed E-state index contributed by atoms with van der Waals surface area (Å²) in [6.45, 7) is 3.92. The number of aromatic nitrogens is 1. The molecular formula is C22H22N2O3. The average Bonchev–Trinajstić information content (AvgIpc) is 3.20. The lowest BCUT2D eigenvalue weighted by Crippen LogP contribution is -2.37. The van der Waals surface area contributed by atoms with Crippen molar-refractivity contribution in [1.82, 2.24) is 4.98 Å². The summed E-state index contributed by atoms with van der Waals surface area (Å²) in [5, 5.41) is 0. The van der Waals surface area contributed by atoms with Crippen LogP contribution in [0.2, 0.25) is 0 Å². The molecule has 0 spiro atoms. The highest BCUT2D eigenvalue weighted by Gasteiger charge is 2.31. The Hall–Kier alpha value is -3.08. The van der Waals surface area contributed by atoms with Crippen LogP contribution in [0.15, 0.2) is 52.9 Å². The number of carbonyl (C=O) groups is 1. The number of para-hydroxylation sites is 2. The maximum atomic E-state index is 13.0. The van der Waals surface area contributed by atoms with Crippen LogP contribution in [-0.4, -0.2) is 24.0 Å². The van der Waals surface area contributed by atoms with Crippen LogP contribution in [0.25, 0.3) is 11.5 Å². The van der Waals surface area contributed by atoms with Gasteiger partial charge in [-0.1, -0.05) is 30.3 Å². The summed E-state index contributed by atoms with van der Waals surface area (Å²) < 4.78 is 11.2. The summed E-state index contributed by atoms with van der Waals surface area (Å²) in [5.74, 6) is 1.86. The minimum Gasteiger partial charge on any atom is -0.496 e. The molecule has 2 heterocycles. The van der Waals surface area contributed by atoms with E-state index < -0.39 is 0 Å². The predicted octanol–water partition coefficient (Wildman–Crippen LogP) is 4.18. The Morgan fingerprint density at radius 1 is 1.22 bits per heavy atom. The minimum absolute atomic E-state index is 0.0374. The van der Waals surface area contributed by atoms with Crippen LogP contribution < -0.4 is 9.64 Å². The zero-order valence-electron chi connectivity index (χ0n) is 15.7. The zero-order chi connectivity index (χ0) is 19.0. The molecule has 2 aromatic carbocycles. The fraction of sp³-hybridized carbons (Fsp3) is 0.273. The van der Waals surface area contributed by atoms with Crippen LogP contribution >= 0.6 is 0 Å². The van der Waals surface area contributed by atoms with Gasteiger partial charge in [0, 0.05) is 11.7 Å². The number of anilines is 1. The van der Waals surface area contributed by atoms with E-state index in [1.807, 2.05) is 54.3 Å². The number of ether oxygens (including phenoxy) is 1. The van der Waals surface area contributed by atoms with Crippen LogP contribution in [0.5, 0.6) is 5.75 Å². The summed E-state index contributed by atoms with van der Waals surface area (Å²) in [6.07, 6.45) is 1.09. The number of amides is 1. The van der Waals surface area contributed by atoms with Gasteiger partial charge in [-0.3, -0.25) is 4.79 Å². The largest absolute Gasteiger partial charge is 0.496 e. The molecule has 0 N–H and O–H groups in total. The standard InChI is InChI=1S/C22H22N2O3/c1-14-12-16-8-4-6-10-19(16)24(14)21(25)13-18-15(2)27-22(23-18)17-9-5-7-11-20(17)26-3/h4-11,14H,12-13H2,1-3H3. The molecule has 0 aliphatic carbocycles. The van der Waals surface area contributed by atoms with E-state index >= 15 is 0 Å². The lowest BCUT2D eigenvalue weighted by molar-refractivity contribution is -0.118. The van der Waals surface area contributed by atoms with Gasteiger partial charge in [0.15, 0.2) is 0 Å². The van der Waals surface area contributed by atoms with E-state index in [9.17, 15) is 4.79 Å². The second-order valence-electron chi connectivity index (χ2n) is 6.84. The van der Waals surface area contributed by atoms with E-state index in [0.29, 0.717) is 23.1 Å². The molecule has 5 nitrogen and oxygen atoms in total. The van der Waals surface area contributed by atoms with Gasteiger partial charge in [-0.15, -0.1) is 0 Å². The number of carbonyl (C=O) groups excluding carboxylic acids is 1. The number of nitrogens with zero attached hydrogens (tertiary/aromatic N) is 2. The van der Waals surface area contributed by atoms with Crippen LogP contribution in [-0.2, 0) is 17.6 Å². The molecule has 1 unspecified atom stereocenters. The lowest BCUT2D eigenvalue weighted by atomic mass is 10.1. The van der Waals surface area contributed by atoms with Gasteiger partial charge in [-0.25, -0.2) is 4.98 Å². The highest BCUT2D eigenvalue weighted by Crippen LogP contribution is 2.33. The lowest BCUT2D eigenvalue weighted by Gasteiger charge is -2.22. The van der Waals surface area contributed by atoms with E-state index in [2.05, 4.69) is 18.0 Å². The third kappa shape index (κ3) is 3.10. The first-order chi connectivity index (χ1) is 13.1. The molecule has 138 valence electrons. The van der Waals surface area contributed by atoms with Crippen molar-refractivity contribution >= 4 is 11.6 Å². The molecule has 27 heavy (non-hydrogen) atoms. The van der Waals surface area contributed by atoms with Gasteiger partial charge >= 0.3 is 0 Å². The van der Waals surface area contributed by atoms with Gasteiger partial charge < -0.3 is 14.1 Å². The summed E-state index contributed by atoms with van der Waals surface area (Å²) in [6, 6.07) is 15.8. The fourth-order valence-electron chi connectivity index (χ4n) is 3.70. The minimum atomic E-state index is 0.0374. The van der Waals surface area contributed by atoms with Gasteiger partial charge in [0.2, 0.25) is 11.8 Å². The predicted molar refractivity (Wildman–Crippen MR) is 104 cm³/mol. The second-order valence-corrected chi connectivity index (χ2v) is 6.84. The van der Waals surface area contributed by atoms with Crippen molar-refractivity contribution in [3.63, 3.8) is 0 Å². The number of aryl methyl sites for hydroxylation is 1. The summed E-state index contributed by atoms with van der Waals surface area (Å²) in [7, 11) is 1.62. The van der Waals surface area contributed by atoms with Crippen LogP contribution in [0.3, 0.4) is 0 Å². The monoisotopic (exact) mass is 362 g/mol. The van der Waals surface area contributed by atoms with Crippen molar-refractivity contribution in [3.8, 4) is 17.2 Å². The molecule has 1 aromatic heterocycles. The summed E-state index contributed by atoms with van der Waals surface area (Å²) in [5.41, 5.74) is 3.66. The number of benzene rings is 2. The van der Waals surface area contributed by atoms with Crippen LogP contribution in [0.4, 0.5) is 5.69 Å². The number of oxazole rings is 1. The normalized spacial score (nSPS) is 15.7. The molecular weight excluding hydrogens is 340 g/mol. The Bertz CT molecular complexity index is 993. The molecule has 1 atom stereocenters. The second kappa shape index (κ2) is 6.91. The van der Waals surface area contributed by atoms with Gasteiger partial charge in [0.05, 0.1) is 24.8 Å². The van der Waals surface area contributed by atoms with E-state index in [0.717, 1.165) is 17.7 Å². The first-order valence-electron chi connectivity index (χ1n) is 9.08. The van der Waals surface area contributed by atoms with Crippen molar-refractivity contribution < 1.29 is 13.9 Å². The fourth-order valence-corrected chi connectivity index (χ4v) is 3.70. The van der Waals surface area contributed by atoms with Crippen molar-refractivity contribution in [1.29, 1.82) is 0 Å². The Morgan fingerprint density at radius 2 is 1.96 bits per heavy atom. The van der Waals surface area contributed by atoms with E-state index in [1.165, 1.54) is 5.56 Å². The Kier molecular flexibility index (Phi) is 4.44. The Balaban J connectivity index is 1.61. The highest BCUT2D eigenvalue weighted by atomic mass is 16.5. The molecule has 1 aliphatic heterocycles. The molecule has 0 fully saturated rings. The number of rotatable bonds is 4. The molecule has 1 amide bonds. The third-order valence-corrected chi connectivity index (χ3v) is 5.02. The van der Waals surface area contributed by atoms with E-state index in [4.69, 9.17) is 9.15 Å². The molecule has 0 radical (unpaired) electrons. The summed E-state index contributed by atoms with van der Waals surface area (Å²) >= 11 is 0. The average molecular weight is 362 g/mol. The maximum Gasteiger partial charge on any atom is 0.233 e. The van der Waals surface area contributed by atoms with Gasteiger partial charge in [-0.2, -0.15) is 0 Å². The van der Waals surface area contributed by atoms with Crippen LogP contribution in [0.1, 0.15) is 23.9 Å². The van der Waals surface area contributed by atoms with Gasteiger partial charge in [0.25, 0.3) is 0 Å². The molecule has 0 bridgehead atoms. The van der Waals surface area contributed by atoms with Crippen molar-refractivity contribution in [2.75, 3.05) is 12.0 Å². The first-order valence-corrected chi connectivity index (χ1v) is 9.08. The molecule has 1 aliphatic rings. The van der Waals surface area contributed by atoms with Crippen molar-refractivity contribution in [3.05, 3.63) is 65.5 Å². The Labute approximate surface area is 158 Å². The topological polar surface area (TPSA) is 55.6 Å². The van der Waals surface area contributed by atoms with Crippen molar-refractivity contribution in [2.45, 2.75) is 32.7 Å². The smallest absolute Gasteiger partial charge is 0.233 e. The van der Waals surface area contributed by atoms with Gasteiger partial charge in [-0.05, 0) is 44.0 Å². The molecule has 0 saturated heterocycles. The molecule has 5 heteroatoms. The maximum absolute atomic E-state index is 13.0. The SMILES string of the molecule is COc1ccccc1-c1nc(CC(=O)N2c3ccccc3CC2C)c(C)o1. The zero-order valence-corrected chi connectivity index (χ0v) is 15.7. The number of hydrogen-bond donors (Lipinski definition) is 0. The van der Waals surface area contributed by atoms with Gasteiger partial charge in [0.1, 0.15) is 11.5 Å². The first kappa shape index (κ1) is 17.3.